The minimum Gasteiger partial charge on any atom is -0.493 e. The highest BCUT2D eigenvalue weighted by Crippen LogP contribution is 2.33. The number of nitrogens with zero attached hydrogens (tertiary/aromatic N) is 1. The predicted molar refractivity (Wildman–Crippen MR) is 118 cm³/mol. The lowest BCUT2D eigenvalue weighted by Crippen LogP contribution is -2.25. The van der Waals surface area contributed by atoms with Gasteiger partial charge in [0, 0.05) is 32.4 Å². The van der Waals surface area contributed by atoms with Crippen LogP contribution >= 0.6 is 0 Å². The second kappa shape index (κ2) is 9.71. The van der Waals surface area contributed by atoms with Crippen LogP contribution in [0.2, 0.25) is 0 Å². The molecule has 2 N–H and O–H groups in total. The average molecular weight is 423 g/mol. The van der Waals surface area contributed by atoms with Crippen LogP contribution in [-0.4, -0.2) is 40.1 Å². The lowest BCUT2D eigenvalue weighted by atomic mass is 10.1. The third kappa shape index (κ3) is 5.16. The quantitative estimate of drug-likeness (QED) is 0.576. The van der Waals surface area contributed by atoms with Crippen molar-refractivity contribution in [3.63, 3.8) is 0 Å². The molecule has 0 atom stereocenters. The maximum absolute atomic E-state index is 13.0. The zero-order valence-corrected chi connectivity index (χ0v) is 17.9. The molecule has 0 spiro atoms. The maximum Gasteiger partial charge on any atom is 0.291 e. The molecule has 8 heteroatoms. The first-order valence-corrected chi connectivity index (χ1v) is 9.58. The summed E-state index contributed by atoms with van der Waals surface area (Å²) < 4.78 is 15.8. The van der Waals surface area contributed by atoms with Gasteiger partial charge in [0.2, 0.25) is 0 Å². The highest BCUT2D eigenvalue weighted by atomic mass is 16.5. The van der Waals surface area contributed by atoms with E-state index in [1.165, 1.54) is 32.6 Å². The van der Waals surface area contributed by atoms with Crippen LogP contribution in [0.25, 0.3) is 0 Å². The molecule has 3 rings (SSSR count). The Balaban J connectivity index is 1.83. The molecule has 0 bridgehead atoms. The summed E-state index contributed by atoms with van der Waals surface area (Å²) in [6.07, 6.45) is 1.40. The number of nitrogens with one attached hydrogen (secondary N) is 2. The van der Waals surface area contributed by atoms with E-state index in [0.29, 0.717) is 18.0 Å². The highest BCUT2D eigenvalue weighted by molar-refractivity contribution is 6.08. The lowest BCUT2D eigenvalue weighted by Gasteiger charge is -2.16. The van der Waals surface area contributed by atoms with E-state index in [4.69, 9.17) is 13.9 Å². The minimum absolute atomic E-state index is 0.127. The number of rotatable bonds is 8. The molecule has 2 aromatic carbocycles. The molecule has 8 nitrogen and oxygen atoms in total. The van der Waals surface area contributed by atoms with Crippen LogP contribution in [0.3, 0.4) is 0 Å². The summed E-state index contributed by atoms with van der Waals surface area (Å²) >= 11 is 0. The summed E-state index contributed by atoms with van der Waals surface area (Å²) in [5, 5.41) is 5.58. The second-order valence-corrected chi connectivity index (χ2v) is 6.93. The Morgan fingerprint density at radius 2 is 1.65 bits per heavy atom. The van der Waals surface area contributed by atoms with E-state index in [0.717, 1.165) is 11.3 Å². The lowest BCUT2D eigenvalue weighted by molar-refractivity contribution is 0.0951. The Morgan fingerprint density at radius 1 is 0.968 bits per heavy atom. The fraction of sp³-hybridized carbons (Fsp3) is 0.217. The third-order valence-electron chi connectivity index (χ3n) is 4.67. The van der Waals surface area contributed by atoms with Crippen molar-refractivity contribution in [3.8, 4) is 11.5 Å². The molecule has 162 valence electrons. The maximum atomic E-state index is 13.0. The molecule has 1 heterocycles. The van der Waals surface area contributed by atoms with E-state index in [9.17, 15) is 9.59 Å². The van der Waals surface area contributed by atoms with Crippen molar-refractivity contribution < 1.29 is 23.5 Å². The van der Waals surface area contributed by atoms with E-state index >= 15 is 0 Å². The van der Waals surface area contributed by atoms with Crippen molar-refractivity contribution in [2.75, 3.05) is 38.5 Å². The van der Waals surface area contributed by atoms with E-state index in [-0.39, 0.29) is 22.9 Å². The zero-order valence-electron chi connectivity index (χ0n) is 17.9. The largest absolute Gasteiger partial charge is 0.493 e. The minimum atomic E-state index is -0.481. The predicted octanol–water partition coefficient (Wildman–Crippen LogP) is 3.55. The Morgan fingerprint density at radius 3 is 2.23 bits per heavy atom. The van der Waals surface area contributed by atoms with Gasteiger partial charge in [-0.2, -0.15) is 0 Å². The average Bonchev–Trinajstić information content (AvgIpc) is 3.32. The topological polar surface area (TPSA) is 93.0 Å². The molecule has 1 aromatic heterocycles. The Kier molecular flexibility index (Phi) is 6.81. The normalized spacial score (nSPS) is 10.3. The molecule has 0 aliphatic rings. The van der Waals surface area contributed by atoms with Crippen molar-refractivity contribution in [1.82, 2.24) is 5.32 Å². The molecule has 0 aliphatic carbocycles. The van der Waals surface area contributed by atoms with Crippen LogP contribution < -0.4 is 25.0 Å². The van der Waals surface area contributed by atoms with Gasteiger partial charge in [-0.1, -0.05) is 12.1 Å². The molecule has 0 saturated carbocycles. The van der Waals surface area contributed by atoms with Gasteiger partial charge in [0.05, 0.1) is 31.7 Å². The number of carbonyl (C=O) groups is 2. The molecule has 0 saturated heterocycles. The van der Waals surface area contributed by atoms with Crippen LogP contribution in [-0.2, 0) is 6.54 Å². The van der Waals surface area contributed by atoms with Crippen LogP contribution in [0.4, 0.5) is 11.4 Å². The van der Waals surface area contributed by atoms with Gasteiger partial charge in [-0.3, -0.25) is 9.59 Å². The summed E-state index contributed by atoms with van der Waals surface area (Å²) in [5.74, 6) is 0.0344. The van der Waals surface area contributed by atoms with Crippen LogP contribution in [0.15, 0.2) is 59.2 Å². The SMILES string of the molecule is COc1cc(NC(=O)c2ccco2)c(C(=O)NCc2ccc(N(C)C)cc2)cc1OC. The van der Waals surface area contributed by atoms with Gasteiger partial charge in [0.1, 0.15) is 0 Å². The van der Waals surface area contributed by atoms with Crippen molar-refractivity contribution in [2.24, 2.45) is 0 Å². The van der Waals surface area contributed by atoms with Gasteiger partial charge < -0.3 is 29.4 Å². The van der Waals surface area contributed by atoms with Crippen molar-refractivity contribution in [1.29, 1.82) is 0 Å². The molecule has 0 fully saturated rings. The summed E-state index contributed by atoms with van der Waals surface area (Å²) in [6.45, 7) is 0.326. The smallest absolute Gasteiger partial charge is 0.291 e. The summed E-state index contributed by atoms with van der Waals surface area (Å²) in [6, 6.07) is 14.1. The van der Waals surface area contributed by atoms with Gasteiger partial charge in [0.15, 0.2) is 17.3 Å². The number of hydrogen-bond acceptors (Lipinski definition) is 6. The summed E-state index contributed by atoms with van der Waals surface area (Å²) in [4.78, 5) is 27.4. The number of furan rings is 1. The van der Waals surface area contributed by atoms with Crippen molar-refractivity contribution in [2.45, 2.75) is 6.54 Å². The monoisotopic (exact) mass is 423 g/mol. The molecular formula is C23H25N3O5. The van der Waals surface area contributed by atoms with Gasteiger partial charge in [-0.25, -0.2) is 0 Å². The van der Waals surface area contributed by atoms with Gasteiger partial charge in [-0.05, 0) is 35.9 Å². The summed E-state index contributed by atoms with van der Waals surface area (Å²) in [7, 11) is 6.89. The van der Waals surface area contributed by atoms with E-state index < -0.39 is 5.91 Å². The van der Waals surface area contributed by atoms with E-state index in [1.54, 1.807) is 12.1 Å². The number of methoxy groups -OCH3 is 2. The molecular weight excluding hydrogens is 398 g/mol. The van der Waals surface area contributed by atoms with Gasteiger partial charge in [-0.15, -0.1) is 0 Å². The molecule has 31 heavy (non-hydrogen) atoms. The zero-order chi connectivity index (χ0) is 22.4. The first kappa shape index (κ1) is 21.8. The molecule has 3 aromatic rings. The number of ether oxygens (including phenoxy) is 2. The summed E-state index contributed by atoms with van der Waals surface area (Å²) in [5.41, 5.74) is 2.53. The standard InChI is InChI=1S/C23H25N3O5/c1-26(2)16-9-7-15(8-10-16)14-24-22(27)17-12-20(29-3)21(30-4)13-18(17)25-23(28)19-6-5-11-31-19/h5-13H,14H2,1-4H3,(H,24,27)(H,25,28). The fourth-order valence-corrected chi connectivity index (χ4v) is 2.95. The van der Waals surface area contributed by atoms with Crippen molar-refractivity contribution in [3.05, 3.63) is 71.7 Å². The highest BCUT2D eigenvalue weighted by Gasteiger charge is 2.20. The van der Waals surface area contributed by atoms with Gasteiger partial charge in [0.25, 0.3) is 11.8 Å². The van der Waals surface area contributed by atoms with Crippen molar-refractivity contribution >= 4 is 23.2 Å². The third-order valence-corrected chi connectivity index (χ3v) is 4.67. The number of amides is 2. The first-order valence-electron chi connectivity index (χ1n) is 9.58. The Labute approximate surface area is 180 Å². The molecule has 2 amide bonds. The van der Waals surface area contributed by atoms with E-state index in [1.807, 2.05) is 43.3 Å². The number of anilines is 2. The fourth-order valence-electron chi connectivity index (χ4n) is 2.95. The second-order valence-electron chi connectivity index (χ2n) is 6.93. The number of carbonyl (C=O) groups excluding carboxylic acids is 2. The number of benzene rings is 2. The molecule has 0 unspecified atom stereocenters. The first-order chi connectivity index (χ1) is 14.9. The van der Waals surface area contributed by atoms with Crippen LogP contribution in [0, 0.1) is 0 Å². The Bertz CT molecular complexity index is 1040. The Hall–Kier alpha value is -3.94. The molecule has 0 aliphatic heterocycles. The number of hydrogen-bond donors (Lipinski definition) is 2. The molecule has 0 radical (unpaired) electrons. The van der Waals surface area contributed by atoms with Crippen LogP contribution in [0.1, 0.15) is 26.5 Å². The van der Waals surface area contributed by atoms with Gasteiger partial charge >= 0.3 is 0 Å². The van der Waals surface area contributed by atoms with E-state index in [2.05, 4.69) is 10.6 Å². The van der Waals surface area contributed by atoms with Crippen LogP contribution in [0.5, 0.6) is 11.5 Å².